The van der Waals surface area contributed by atoms with E-state index in [-0.39, 0.29) is 11.5 Å². The molecule has 0 spiro atoms. The van der Waals surface area contributed by atoms with Crippen molar-refractivity contribution in [1.82, 2.24) is 14.5 Å². The molecule has 5 rings (SSSR count). The van der Waals surface area contributed by atoms with Gasteiger partial charge in [0.15, 0.2) is 5.82 Å². The standard InChI is InChI=1S/C21H15N3O3/c1-2-27-21(26)13-8-7-12-9-14-11-24-19(18(14)22-17(12)10-13)23-16-6-4-3-5-15(16)20(24)25/h3-10H,2,11H2,1H3. The number of benzene rings is 2. The molecule has 2 aromatic heterocycles. The molecule has 0 atom stereocenters. The number of aromatic nitrogens is 3. The molecular weight excluding hydrogens is 342 g/mol. The van der Waals surface area contributed by atoms with Crippen LogP contribution in [-0.4, -0.2) is 27.1 Å². The largest absolute Gasteiger partial charge is 0.462 e. The molecule has 0 aliphatic carbocycles. The fourth-order valence-electron chi connectivity index (χ4n) is 3.53. The first-order valence-electron chi connectivity index (χ1n) is 8.76. The van der Waals surface area contributed by atoms with E-state index < -0.39 is 0 Å². The monoisotopic (exact) mass is 357 g/mol. The predicted molar refractivity (Wildman–Crippen MR) is 102 cm³/mol. The minimum atomic E-state index is -0.373. The third-order valence-electron chi connectivity index (χ3n) is 4.81. The van der Waals surface area contributed by atoms with Gasteiger partial charge in [-0.2, -0.15) is 0 Å². The van der Waals surface area contributed by atoms with Gasteiger partial charge in [0.1, 0.15) is 5.69 Å². The fourth-order valence-corrected chi connectivity index (χ4v) is 3.53. The van der Waals surface area contributed by atoms with Gasteiger partial charge in [0.05, 0.1) is 35.1 Å². The quantitative estimate of drug-likeness (QED) is 0.454. The van der Waals surface area contributed by atoms with E-state index >= 15 is 0 Å². The summed E-state index contributed by atoms with van der Waals surface area (Å²) in [6.07, 6.45) is 0. The molecular formula is C21H15N3O3. The molecule has 6 nitrogen and oxygen atoms in total. The Bertz CT molecular complexity index is 1310. The lowest BCUT2D eigenvalue weighted by Gasteiger charge is -2.06. The molecule has 6 heteroatoms. The maximum absolute atomic E-state index is 12.8. The number of esters is 1. The van der Waals surface area contributed by atoms with Gasteiger partial charge < -0.3 is 4.74 Å². The van der Waals surface area contributed by atoms with E-state index in [0.29, 0.717) is 46.7 Å². The number of nitrogens with zero attached hydrogens (tertiary/aromatic N) is 3. The minimum absolute atomic E-state index is 0.0649. The summed E-state index contributed by atoms with van der Waals surface area (Å²) in [5, 5.41) is 1.51. The maximum Gasteiger partial charge on any atom is 0.338 e. The van der Waals surface area contributed by atoms with Crippen molar-refractivity contribution in [3.8, 4) is 11.5 Å². The molecule has 4 aromatic rings. The average Bonchev–Trinajstić information content (AvgIpc) is 3.04. The first-order valence-corrected chi connectivity index (χ1v) is 8.76. The van der Waals surface area contributed by atoms with Crippen LogP contribution >= 0.6 is 0 Å². The highest BCUT2D eigenvalue weighted by molar-refractivity contribution is 5.95. The summed E-state index contributed by atoms with van der Waals surface area (Å²) < 4.78 is 6.72. The molecule has 0 radical (unpaired) electrons. The van der Waals surface area contributed by atoms with Crippen molar-refractivity contribution in [2.45, 2.75) is 13.5 Å². The summed E-state index contributed by atoms with van der Waals surface area (Å²) in [6, 6.07) is 14.6. The Labute approximate surface area is 154 Å². The van der Waals surface area contributed by atoms with Crippen LogP contribution in [0.5, 0.6) is 0 Å². The van der Waals surface area contributed by atoms with Crippen LogP contribution in [0.2, 0.25) is 0 Å². The van der Waals surface area contributed by atoms with Crippen molar-refractivity contribution >= 4 is 27.8 Å². The highest BCUT2D eigenvalue weighted by Crippen LogP contribution is 2.31. The number of hydrogen-bond acceptors (Lipinski definition) is 5. The predicted octanol–water partition coefficient (Wildman–Crippen LogP) is 3.15. The third-order valence-corrected chi connectivity index (χ3v) is 4.81. The number of pyridine rings is 1. The summed E-state index contributed by atoms with van der Waals surface area (Å²) in [7, 11) is 0. The van der Waals surface area contributed by atoms with Crippen molar-refractivity contribution in [2.24, 2.45) is 0 Å². The zero-order chi connectivity index (χ0) is 18.5. The van der Waals surface area contributed by atoms with E-state index in [9.17, 15) is 9.59 Å². The summed E-state index contributed by atoms with van der Waals surface area (Å²) in [5.74, 6) is 0.194. The number of carbonyl (C=O) groups excluding carboxylic acids is 1. The van der Waals surface area contributed by atoms with E-state index in [4.69, 9.17) is 9.72 Å². The lowest BCUT2D eigenvalue weighted by Crippen LogP contribution is -2.20. The molecule has 0 amide bonds. The van der Waals surface area contributed by atoms with Crippen molar-refractivity contribution in [3.63, 3.8) is 0 Å². The SMILES string of the molecule is CCOC(=O)c1ccc2cc3c(nc2c1)-c1nc2ccccc2c(=O)n1C3. The van der Waals surface area contributed by atoms with E-state index in [1.165, 1.54) is 0 Å². The zero-order valence-corrected chi connectivity index (χ0v) is 14.6. The molecule has 0 fully saturated rings. The highest BCUT2D eigenvalue weighted by atomic mass is 16.5. The molecule has 0 bridgehead atoms. The second-order valence-corrected chi connectivity index (χ2v) is 6.47. The topological polar surface area (TPSA) is 74.1 Å². The molecule has 1 aliphatic rings. The van der Waals surface area contributed by atoms with Crippen LogP contribution in [0.3, 0.4) is 0 Å². The number of rotatable bonds is 2. The van der Waals surface area contributed by atoms with Crippen molar-refractivity contribution in [3.05, 3.63) is 70.0 Å². The van der Waals surface area contributed by atoms with Gasteiger partial charge in [-0.3, -0.25) is 9.36 Å². The Kier molecular flexibility index (Phi) is 3.33. The van der Waals surface area contributed by atoms with Crippen LogP contribution in [0.25, 0.3) is 33.3 Å². The first kappa shape index (κ1) is 15.7. The molecule has 27 heavy (non-hydrogen) atoms. The number of hydrogen-bond donors (Lipinski definition) is 0. The van der Waals surface area contributed by atoms with E-state index in [0.717, 1.165) is 10.9 Å². The highest BCUT2D eigenvalue weighted by Gasteiger charge is 2.24. The van der Waals surface area contributed by atoms with Crippen LogP contribution in [-0.2, 0) is 11.3 Å². The van der Waals surface area contributed by atoms with Crippen LogP contribution in [0.4, 0.5) is 0 Å². The number of ether oxygens (including phenoxy) is 1. The average molecular weight is 357 g/mol. The molecule has 0 saturated carbocycles. The number of fused-ring (bicyclic) bond motifs is 5. The Morgan fingerprint density at radius 3 is 2.81 bits per heavy atom. The van der Waals surface area contributed by atoms with Crippen molar-refractivity contribution in [2.75, 3.05) is 6.61 Å². The van der Waals surface area contributed by atoms with Gasteiger partial charge in [0.25, 0.3) is 5.56 Å². The Balaban J connectivity index is 1.72. The normalized spacial score (nSPS) is 12.2. The molecule has 132 valence electrons. The summed E-state index contributed by atoms with van der Waals surface area (Å²) >= 11 is 0. The molecule has 0 N–H and O–H groups in total. The van der Waals surface area contributed by atoms with E-state index in [2.05, 4.69) is 4.98 Å². The summed E-state index contributed by atoms with van der Waals surface area (Å²) in [4.78, 5) is 34.2. The molecule has 3 heterocycles. The Morgan fingerprint density at radius 1 is 1.11 bits per heavy atom. The van der Waals surface area contributed by atoms with Gasteiger partial charge in [-0.15, -0.1) is 0 Å². The Morgan fingerprint density at radius 2 is 1.96 bits per heavy atom. The number of carbonyl (C=O) groups is 1. The van der Waals surface area contributed by atoms with Gasteiger partial charge in [-0.05, 0) is 37.3 Å². The van der Waals surface area contributed by atoms with Crippen LogP contribution in [0.15, 0.2) is 53.3 Å². The summed E-state index contributed by atoms with van der Waals surface area (Å²) in [5.41, 5.74) is 3.36. The molecule has 0 saturated heterocycles. The lowest BCUT2D eigenvalue weighted by atomic mass is 10.1. The Hall–Kier alpha value is -3.54. The summed E-state index contributed by atoms with van der Waals surface area (Å²) in [6.45, 7) is 2.54. The van der Waals surface area contributed by atoms with Gasteiger partial charge in [0.2, 0.25) is 0 Å². The molecule has 2 aromatic carbocycles. The second kappa shape index (κ2) is 5.74. The van der Waals surface area contributed by atoms with Crippen LogP contribution in [0, 0.1) is 0 Å². The van der Waals surface area contributed by atoms with Crippen LogP contribution in [0.1, 0.15) is 22.8 Å². The lowest BCUT2D eigenvalue weighted by molar-refractivity contribution is 0.0526. The maximum atomic E-state index is 12.8. The van der Waals surface area contributed by atoms with E-state index in [1.54, 1.807) is 29.7 Å². The van der Waals surface area contributed by atoms with Gasteiger partial charge in [-0.1, -0.05) is 18.2 Å². The van der Waals surface area contributed by atoms with E-state index in [1.807, 2.05) is 30.3 Å². The van der Waals surface area contributed by atoms with Gasteiger partial charge in [0, 0.05) is 10.9 Å². The molecule has 0 unspecified atom stereocenters. The minimum Gasteiger partial charge on any atom is -0.462 e. The second-order valence-electron chi connectivity index (χ2n) is 6.47. The smallest absolute Gasteiger partial charge is 0.338 e. The number of para-hydroxylation sites is 1. The van der Waals surface area contributed by atoms with Gasteiger partial charge >= 0.3 is 5.97 Å². The third kappa shape index (κ3) is 2.33. The van der Waals surface area contributed by atoms with Crippen molar-refractivity contribution < 1.29 is 9.53 Å². The zero-order valence-electron chi connectivity index (χ0n) is 14.6. The molecule has 1 aliphatic heterocycles. The van der Waals surface area contributed by atoms with Crippen molar-refractivity contribution in [1.29, 1.82) is 0 Å². The fraction of sp³-hybridized carbons (Fsp3) is 0.143. The first-order chi connectivity index (χ1) is 13.2. The van der Waals surface area contributed by atoms with Gasteiger partial charge in [-0.25, -0.2) is 14.8 Å². The van der Waals surface area contributed by atoms with Crippen LogP contribution < -0.4 is 5.56 Å².